The van der Waals surface area contributed by atoms with Gasteiger partial charge in [0, 0.05) is 23.5 Å². The van der Waals surface area contributed by atoms with Crippen molar-refractivity contribution in [2.45, 2.75) is 49.6 Å². The molecule has 0 spiro atoms. The number of nitrogens with one attached hydrogen (secondary N) is 1. The highest BCUT2D eigenvalue weighted by atomic mass is 35.5. The predicted molar refractivity (Wildman–Crippen MR) is 100 cm³/mol. The van der Waals surface area contributed by atoms with Gasteiger partial charge in [-0.25, -0.2) is 18.1 Å². The van der Waals surface area contributed by atoms with Crippen LogP contribution >= 0.6 is 23.2 Å². The number of ether oxygens (including phenoxy) is 1. The summed E-state index contributed by atoms with van der Waals surface area (Å²) in [6.07, 6.45) is 7.56. The molecule has 3 rings (SSSR count). The first-order valence-corrected chi connectivity index (χ1v) is 10.5. The Kier molecular flexibility index (Phi) is 6.02. The van der Waals surface area contributed by atoms with E-state index in [2.05, 4.69) is 14.7 Å². The molecular weight excluding hydrogens is 397 g/mol. The minimum absolute atomic E-state index is 0.00817. The summed E-state index contributed by atoms with van der Waals surface area (Å²) in [6.45, 7) is 1.74. The lowest BCUT2D eigenvalue weighted by Gasteiger charge is -2.29. The van der Waals surface area contributed by atoms with Crippen molar-refractivity contribution in [3.63, 3.8) is 0 Å². The molecule has 1 saturated carbocycles. The fourth-order valence-corrected chi connectivity index (χ4v) is 5.07. The van der Waals surface area contributed by atoms with Crippen molar-refractivity contribution in [3.05, 3.63) is 46.3 Å². The number of hydrogen-bond donors (Lipinski definition) is 1. The molecule has 1 aliphatic rings. The normalized spacial score (nSPS) is 20.7. The van der Waals surface area contributed by atoms with Crippen LogP contribution in [0, 0.1) is 6.92 Å². The second-order valence-corrected chi connectivity index (χ2v) is 8.79. The minimum Gasteiger partial charge on any atom is -0.473 e. The molecule has 0 saturated heterocycles. The average Bonchev–Trinajstić information content (AvgIpc) is 2.60. The van der Waals surface area contributed by atoms with Crippen molar-refractivity contribution in [3.8, 4) is 5.88 Å². The van der Waals surface area contributed by atoms with Crippen LogP contribution in [0.15, 0.2) is 35.6 Å². The third-order valence-corrected chi connectivity index (χ3v) is 6.72. The lowest BCUT2D eigenvalue weighted by molar-refractivity contribution is 0.138. The molecule has 2 aromatic rings. The molecule has 1 N–H and O–H groups in total. The lowest BCUT2D eigenvalue weighted by Crippen LogP contribution is -2.39. The highest BCUT2D eigenvalue weighted by molar-refractivity contribution is 7.89. The van der Waals surface area contributed by atoms with E-state index in [1.54, 1.807) is 25.5 Å². The summed E-state index contributed by atoms with van der Waals surface area (Å²) in [5, 5.41) is 0.559. The van der Waals surface area contributed by atoms with Gasteiger partial charge in [0.15, 0.2) is 0 Å². The van der Waals surface area contributed by atoms with Gasteiger partial charge in [0.1, 0.15) is 11.0 Å². The first-order valence-electron chi connectivity index (χ1n) is 8.26. The van der Waals surface area contributed by atoms with E-state index < -0.39 is 10.0 Å². The molecule has 0 bridgehead atoms. The van der Waals surface area contributed by atoms with Crippen LogP contribution in [0.3, 0.4) is 0 Å². The van der Waals surface area contributed by atoms with Gasteiger partial charge in [-0.3, -0.25) is 4.98 Å². The van der Waals surface area contributed by atoms with Crippen LogP contribution in [0.25, 0.3) is 0 Å². The number of halogens is 2. The number of hydrogen-bond acceptors (Lipinski definition) is 5. The number of rotatable bonds is 5. The molecule has 0 unspecified atom stereocenters. The van der Waals surface area contributed by atoms with E-state index in [0.29, 0.717) is 29.3 Å². The molecule has 9 heteroatoms. The first-order chi connectivity index (χ1) is 12.3. The molecule has 0 radical (unpaired) electrons. The summed E-state index contributed by atoms with van der Waals surface area (Å²) in [5.41, 5.74) is 0.664. The number of nitrogens with zero attached hydrogens (tertiary/aromatic N) is 2. The van der Waals surface area contributed by atoms with Crippen LogP contribution in [-0.2, 0) is 10.0 Å². The monoisotopic (exact) mass is 415 g/mol. The summed E-state index contributed by atoms with van der Waals surface area (Å²) in [4.78, 5) is 8.12. The van der Waals surface area contributed by atoms with Gasteiger partial charge in [0.2, 0.25) is 15.9 Å². The molecule has 1 aromatic heterocycles. The Bertz CT molecular complexity index is 870. The van der Waals surface area contributed by atoms with E-state index in [9.17, 15) is 8.42 Å². The zero-order valence-electron chi connectivity index (χ0n) is 14.2. The molecule has 1 fully saturated rings. The third kappa shape index (κ3) is 4.65. The van der Waals surface area contributed by atoms with E-state index in [-0.39, 0.29) is 22.1 Å². The fourth-order valence-electron chi connectivity index (χ4n) is 2.94. The van der Waals surface area contributed by atoms with E-state index >= 15 is 0 Å². The minimum atomic E-state index is -3.71. The second kappa shape index (κ2) is 8.08. The second-order valence-electron chi connectivity index (χ2n) is 6.29. The van der Waals surface area contributed by atoms with E-state index in [1.165, 1.54) is 12.1 Å². The van der Waals surface area contributed by atoms with Crippen LogP contribution in [-0.4, -0.2) is 30.5 Å². The summed E-state index contributed by atoms with van der Waals surface area (Å²) in [5.74, 6) is 0.486. The summed E-state index contributed by atoms with van der Waals surface area (Å²) in [6, 6.07) is 2.79. The zero-order valence-corrected chi connectivity index (χ0v) is 16.5. The van der Waals surface area contributed by atoms with Gasteiger partial charge in [-0.15, -0.1) is 0 Å². The lowest BCUT2D eigenvalue weighted by atomic mass is 9.94. The van der Waals surface area contributed by atoms with Gasteiger partial charge in [-0.05, 0) is 50.3 Å². The highest BCUT2D eigenvalue weighted by Gasteiger charge is 2.28. The van der Waals surface area contributed by atoms with Gasteiger partial charge < -0.3 is 4.74 Å². The summed E-state index contributed by atoms with van der Waals surface area (Å²) >= 11 is 12.1. The third-order valence-electron chi connectivity index (χ3n) is 4.33. The number of benzene rings is 1. The van der Waals surface area contributed by atoms with Gasteiger partial charge in [-0.1, -0.05) is 23.2 Å². The van der Waals surface area contributed by atoms with Crippen molar-refractivity contribution in [2.24, 2.45) is 0 Å². The van der Waals surface area contributed by atoms with Crippen molar-refractivity contribution in [1.29, 1.82) is 0 Å². The Labute approximate surface area is 163 Å². The molecule has 6 nitrogen and oxygen atoms in total. The Hall–Kier alpha value is -1.41. The van der Waals surface area contributed by atoms with Crippen molar-refractivity contribution < 1.29 is 13.2 Å². The van der Waals surface area contributed by atoms with Crippen molar-refractivity contribution >= 4 is 33.2 Å². The number of aromatic nitrogens is 2. The summed E-state index contributed by atoms with van der Waals surface area (Å²) < 4.78 is 33.9. The maximum absolute atomic E-state index is 12.7. The van der Waals surface area contributed by atoms with Gasteiger partial charge in [-0.2, -0.15) is 0 Å². The first kappa shape index (κ1) is 19.4. The van der Waals surface area contributed by atoms with Crippen LogP contribution in [0.4, 0.5) is 0 Å². The molecular formula is C17H19Cl2N3O3S. The van der Waals surface area contributed by atoms with Gasteiger partial charge in [0.25, 0.3) is 0 Å². The molecule has 0 aliphatic heterocycles. The van der Waals surface area contributed by atoms with Crippen molar-refractivity contribution in [2.75, 3.05) is 0 Å². The molecule has 1 aliphatic carbocycles. The molecule has 26 heavy (non-hydrogen) atoms. The number of aryl methyl sites for hydroxylation is 1. The predicted octanol–water partition coefficient (Wildman–Crippen LogP) is 3.76. The smallest absolute Gasteiger partial charge is 0.242 e. The molecule has 140 valence electrons. The molecule has 0 amide bonds. The van der Waals surface area contributed by atoms with E-state index in [4.69, 9.17) is 27.9 Å². The van der Waals surface area contributed by atoms with Crippen LogP contribution in [0.2, 0.25) is 10.0 Å². The molecule has 1 heterocycles. The quantitative estimate of drug-likeness (QED) is 0.803. The molecule has 0 atom stereocenters. The standard InChI is InChI=1S/C17H19Cl2N3O3S/c1-11-8-16(15(19)9-14(11)18)26(23,24)22-12-2-4-13(5-3-12)25-17-10-20-6-7-21-17/h6-10,12-13,22H,2-5H2,1H3. The average molecular weight is 416 g/mol. The van der Waals surface area contributed by atoms with Crippen LogP contribution in [0.1, 0.15) is 31.2 Å². The maximum Gasteiger partial charge on any atom is 0.242 e. The van der Waals surface area contributed by atoms with E-state index in [1.807, 2.05) is 0 Å². The van der Waals surface area contributed by atoms with Gasteiger partial charge in [0.05, 0.1) is 11.2 Å². The Morgan fingerprint density at radius 1 is 1.12 bits per heavy atom. The molecule has 1 aromatic carbocycles. The Morgan fingerprint density at radius 3 is 2.50 bits per heavy atom. The SMILES string of the molecule is Cc1cc(S(=O)(=O)NC2CCC(Oc3cnccn3)CC2)c(Cl)cc1Cl. The topological polar surface area (TPSA) is 81.2 Å². The zero-order chi connectivity index (χ0) is 18.7. The fraction of sp³-hybridized carbons (Fsp3) is 0.412. The van der Waals surface area contributed by atoms with Crippen molar-refractivity contribution in [1.82, 2.24) is 14.7 Å². The Balaban J connectivity index is 1.61. The van der Waals surface area contributed by atoms with Crippen LogP contribution < -0.4 is 9.46 Å². The number of sulfonamides is 1. The van der Waals surface area contributed by atoms with E-state index in [0.717, 1.165) is 12.8 Å². The highest BCUT2D eigenvalue weighted by Crippen LogP contribution is 2.29. The van der Waals surface area contributed by atoms with Crippen LogP contribution in [0.5, 0.6) is 5.88 Å². The Morgan fingerprint density at radius 2 is 1.85 bits per heavy atom. The summed E-state index contributed by atoms with van der Waals surface area (Å²) in [7, 11) is -3.71. The van der Waals surface area contributed by atoms with Gasteiger partial charge >= 0.3 is 0 Å². The largest absolute Gasteiger partial charge is 0.473 e. The maximum atomic E-state index is 12.7.